The number of nitro benzene ring substituents is 1. The van der Waals surface area contributed by atoms with Crippen molar-refractivity contribution in [3.05, 3.63) is 45.5 Å². The number of nitro groups is 1. The molecule has 98 valence electrons. The number of nitrogens with zero attached hydrogens (tertiary/aromatic N) is 4. The molecule has 0 aliphatic carbocycles. The molecule has 0 radical (unpaired) electrons. The van der Waals surface area contributed by atoms with Gasteiger partial charge in [-0.25, -0.2) is 4.98 Å². The van der Waals surface area contributed by atoms with Crippen LogP contribution in [0.5, 0.6) is 11.8 Å². The van der Waals surface area contributed by atoms with Crippen LogP contribution in [0.3, 0.4) is 0 Å². The number of non-ortho nitro benzene ring substituents is 1. The van der Waals surface area contributed by atoms with Gasteiger partial charge in [-0.2, -0.15) is 9.97 Å². The minimum Gasteiger partial charge on any atom is -0.424 e. The van der Waals surface area contributed by atoms with E-state index in [-0.39, 0.29) is 11.7 Å². The van der Waals surface area contributed by atoms with Gasteiger partial charge in [-0.05, 0) is 32.4 Å². The Morgan fingerprint density at radius 1 is 1.11 bits per heavy atom. The summed E-state index contributed by atoms with van der Waals surface area (Å²) in [5.41, 5.74) is 0.726. The first-order valence-electron chi connectivity index (χ1n) is 5.58. The zero-order valence-corrected chi connectivity index (χ0v) is 10.7. The van der Waals surface area contributed by atoms with Crippen LogP contribution in [0, 0.1) is 30.9 Å². The minimum atomic E-state index is -0.476. The summed E-state index contributed by atoms with van der Waals surface area (Å²) in [7, 11) is 0. The third-order valence-corrected chi connectivity index (χ3v) is 2.42. The molecule has 7 nitrogen and oxygen atoms in total. The summed E-state index contributed by atoms with van der Waals surface area (Å²) in [6.07, 6.45) is 0. The summed E-state index contributed by atoms with van der Waals surface area (Å²) >= 11 is 0. The zero-order valence-electron chi connectivity index (χ0n) is 10.7. The maximum absolute atomic E-state index is 10.7. The fraction of sp³-hybridized carbons (Fsp3) is 0.250. The Bertz CT molecular complexity index is 623. The minimum absolute atomic E-state index is 0.0388. The van der Waals surface area contributed by atoms with Gasteiger partial charge in [-0.15, -0.1) is 0 Å². The van der Waals surface area contributed by atoms with Crippen molar-refractivity contribution in [3.63, 3.8) is 0 Å². The van der Waals surface area contributed by atoms with E-state index in [9.17, 15) is 10.1 Å². The van der Waals surface area contributed by atoms with Crippen molar-refractivity contribution in [2.75, 3.05) is 0 Å². The fourth-order valence-corrected chi connectivity index (χ4v) is 1.54. The van der Waals surface area contributed by atoms with E-state index in [1.165, 1.54) is 12.1 Å². The third kappa shape index (κ3) is 3.01. The Morgan fingerprint density at radius 3 is 2.32 bits per heavy atom. The topological polar surface area (TPSA) is 91.0 Å². The molecule has 0 bridgehead atoms. The molecular formula is C12H12N4O3. The van der Waals surface area contributed by atoms with Gasteiger partial charge in [0.15, 0.2) is 0 Å². The lowest BCUT2D eigenvalue weighted by atomic mass is 10.2. The molecule has 0 saturated heterocycles. The monoisotopic (exact) mass is 260 g/mol. The molecule has 0 aliphatic rings. The molecule has 0 N–H and O–H groups in total. The average Bonchev–Trinajstić information content (AvgIpc) is 2.30. The standard InChI is InChI=1S/C12H12N4O3/c1-7-4-5-10(16(17)18)6-11(7)19-12-14-8(2)13-9(3)15-12/h4-6H,1-3H3. The SMILES string of the molecule is Cc1nc(C)nc(Oc2cc([N+](=O)[O-])ccc2C)n1. The van der Waals surface area contributed by atoms with Crippen molar-refractivity contribution in [2.45, 2.75) is 20.8 Å². The van der Waals surface area contributed by atoms with Crippen molar-refractivity contribution >= 4 is 5.69 Å². The number of aromatic nitrogens is 3. The molecule has 0 unspecified atom stereocenters. The van der Waals surface area contributed by atoms with Crippen LogP contribution < -0.4 is 4.74 Å². The maximum Gasteiger partial charge on any atom is 0.325 e. The number of benzene rings is 1. The second-order valence-corrected chi connectivity index (χ2v) is 4.02. The smallest absolute Gasteiger partial charge is 0.325 e. The van der Waals surface area contributed by atoms with Crippen LogP contribution in [-0.2, 0) is 0 Å². The molecule has 0 fully saturated rings. The van der Waals surface area contributed by atoms with E-state index in [1.807, 2.05) is 0 Å². The van der Waals surface area contributed by atoms with Gasteiger partial charge in [-0.1, -0.05) is 0 Å². The Morgan fingerprint density at radius 2 is 1.74 bits per heavy atom. The molecule has 7 heteroatoms. The van der Waals surface area contributed by atoms with E-state index in [0.29, 0.717) is 17.4 Å². The highest BCUT2D eigenvalue weighted by Crippen LogP contribution is 2.27. The Balaban J connectivity index is 2.37. The number of hydrogen-bond donors (Lipinski definition) is 0. The number of rotatable bonds is 3. The Kier molecular flexibility index (Phi) is 3.37. The van der Waals surface area contributed by atoms with Crippen LogP contribution in [0.25, 0.3) is 0 Å². The molecule has 19 heavy (non-hydrogen) atoms. The lowest BCUT2D eigenvalue weighted by molar-refractivity contribution is -0.384. The van der Waals surface area contributed by atoms with Crippen molar-refractivity contribution in [2.24, 2.45) is 0 Å². The van der Waals surface area contributed by atoms with Gasteiger partial charge in [0.1, 0.15) is 17.4 Å². The van der Waals surface area contributed by atoms with Crippen LogP contribution in [0.15, 0.2) is 18.2 Å². The highest BCUT2D eigenvalue weighted by molar-refractivity contribution is 5.44. The maximum atomic E-state index is 10.7. The zero-order chi connectivity index (χ0) is 14.0. The lowest BCUT2D eigenvalue weighted by Gasteiger charge is -2.07. The summed E-state index contributed by atoms with van der Waals surface area (Å²) in [5.74, 6) is 1.43. The molecule has 0 atom stereocenters. The predicted octanol–water partition coefficient (Wildman–Crippen LogP) is 2.50. The third-order valence-electron chi connectivity index (χ3n) is 2.42. The molecule has 0 aliphatic heterocycles. The molecule has 0 saturated carbocycles. The summed E-state index contributed by atoms with van der Waals surface area (Å²) in [6, 6.07) is 4.53. The van der Waals surface area contributed by atoms with E-state index in [4.69, 9.17) is 4.74 Å². The molecule has 2 rings (SSSR count). The Labute approximate surface area is 109 Å². The largest absolute Gasteiger partial charge is 0.424 e. The van der Waals surface area contributed by atoms with Gasteiger partial charge in [-0.3, -0.25) is 10.1 Å². The second-order valence-electron chi connectivity index (χ2n) is 4.02. The van der Waals surface area contributed by atoms with Crippen molar-refractivity contribution < 1.29 is 9.66 Å². The van der Waals surface area contributed by atoms with Gasteiger partial charge in [0, 0.05) is 6.07 Å². The van der Waals surface area contributed by atoms with Crippen LogP contribution in [0.4, 0.5) is 5.69 Å². The first-order chi connectivity index (χ1) is 8.95. The van der Waals surface area contributed by atoms with Gasteiger partial charge in [0.2, 0.25) is 0 Å². The van der Waals surface area contributed by atoms with E-state index in [2.05, 4.69) is 15.0 Å². The normalized spacial score (nSPS) is 10.3. The fourth-order valence-electron chi connectivity index (χ4n) is 1.54. The van der Waals surface area contributed by atoms with Crippen molar-refractivity contribution in [1.29, 1.82) is 0 Å². The van der Waals surface area contributed by atoms with E-state index in [0.717, 1.165) is 5.56 Å². The molecule has 1 aromatic carbocycles. The molecule has 2 aromatic rings. The van der Waals surface area contributed by atoms with Crippen LogP contribution >= 0.6 is 0 Å². The molecule has 0 spiro atoms. The van der Waals surface area contributed by atoms with Gasteiger partial charge in [0.05, 0.1) is 11.0 Å². The van der Waals surface area contributed by atoms with Crippen molar-refractivity contribution in [1.82, 2.24) is 15.0 Å². The summed E-state index contributed by atoms with van der Waals surface area (Å²) in [5, 5.41) is 10.7. The van der Waals surface area contributed by atoms with E-state index < -0.39 is 4.92 Å². The van der Waals surface area contributed by atoms with Crippen LogP contribution in [0.2, 0.25) is 0 Å². The lowest BCUT2D eigenvalue weighted by Crippen LogP contribution is -2.00. The van der Waals surface area contributed by atoms with Gasteiger partial charge in [0.25, 0.3) is 5.69 Å². The highest BCUT2D eigenvalue weighted by Gasteiger charge is 2.12. The van der Waals surface area contributed by atoms with Crippen LogP contribution in [-0.4, -0.2) is 19.9 Å². The van der Waals surface area contributed by atoms with Crippen LogP contribution in [0.1, 0.15) is 17.2 Å². The summed E-state index contributed by atoms with van der Waals surface area (Å²) < 4.78 is 5.49. The van der Waals surface area contributed by atoms with Gasteiger partial charge < -0.3 is 4.74 Å². The van der Waals surface area contributed by atoms with Crippen molar-refractivity contribution in [3.8, 4) is 11.8 Å². The quantitative estimate of drug-likeness (QED) is 0.622. The second kappa shape index (κ2) is 4.97. The number of aryl methyl sites for hydroxylation is 3. The molecule has 1 heterocycles. The molecular weight excluding hydrogens is 248 g/mol. The first kappa shape index (κ1) is 12.9. The van der Waals surface area contributed by atoms with E-state index >= 15 is 0 Å². The summed E-state index contributed by atoms with van der Waals surface area (Å²) in [6.45, 7) is 5.24. The highest BCUT2D eigenvalue weighted by atomic mass is 16.6. The molecule has 0 amide bonds. The molecule has 1 aromatic heterocycles. The van der Waals surface area contributed by atoms with Gasteiger partial charge >= 0.3 is 6.01 Å². The van der Waals surface area contributed by atoms with E-state index in [1.54, 1.807) is 26.8 Å². The Hall–Kier alpha value is -2.57. The summed E-state index contributed by atoms with van der Waals surface area (Å²) in [4.78, 5) is 22.4. The predicted molar refractivity (Wildman–Crippen MR) is 67.2 cm³/mol. The number of ether oxygens (including phenoxy) is 1. The average molecular weight is 260 g/mol. The number of hydrogen-bond acceptors (Lipinski definition) is 6. The first-order valence-corrected chi connectivity index (χ1v) is 5.58.